The molecular formula is C44H49F2N5O6. The summed E-state index contributed by atoms with van der Waals surface area (Å²) in [6.07, 6.45) is -0.131. The molecular weight excluding hydrogens is 733 g/mol. The molecule has 2 bridgehead atoms. The van der Waals surface area contributed by atoms with Crippen LogP contribution in [0.25, 0.3) is 32.8 Å². The van der Waals surface area contributed by atoms with Gasteiger partial charge >= 0.3 is 6.01 Å². The molecule has 4 aromatic carbocycles. The molecule has 1 aromatic heterocycles. The Labute approximate surface area is 330 Å². The number of ether oxygens (including phenoxy) is 4. The zero-order valence-electron chi connectivity index (χ0n) is 32.5. The molecule has 4 unspecified atom stereocenters. The summed E-state index contributed by atoms with van der Waals surface area (Å²) in [6, 6.07) is 21.1. The van der Waals surface area contributed by atoms with E-state index in [-0.39, 0.29) is 53.6 Å². The van der Waals surface area contributed by atoms with Crippen LogP contribution in [0.2, 0.25) is 0 Å². The minimum absolute atomic E-state index is 0.00950. The lowest BCUT2D eigenvalue weighted by Gasteiger charge is -2.49. The van der Waals surface area contributed by atoms with Crippen LogP contribution < -0.4 is 14.4 Å². The Hall–Kier alpha value is -4.50. The number of aliphatic hydroxyl groups excluding tert-OH is 2. The summed E-state index contributed by atoms with van der Waals surface area (Å²) in [7, 11) is 1.51. The van der Waals surface area contributed by atoms with Crippen molar-refractivity contribution in [1.29, 1.82) is 0 Å². The van der Waals surface area contributed by atoms with Gasteiger partial charge in [-0.15, -0.1) is 0 Å². The molecule has 4 heterocycles. The van der Waals surface area contributed by atoms with Gasteiger partial charge in [0.15, 0.2) is 12.6 Å². The molecule has 3 aliphatic heterocycles. The van der Waals surface area contributed by atoms with Crippen molar-refractivity contribution in [3.05, 3.63) is 90.0 Å². The average Bonchev–Trinajstić information content (AvgIpc) is 3.97. The Kier molecular flexibility index (Phi) is 10.0. The normalized spacial score (nSPS) is 23.7. The number of nitrogens with zero attached hydrogens (tertiary/aromatic N) is 5. The van der Waals surface area contributed by atoms with Crippen molar-refractivity contribution < 1.29 is 37.9 Å². The van der Waals surface area contributed by atoms with E-state index < -0.39 is 41.5 Å². The summed E-state index contributed by atoms with van der Waals surface area (Å²) in [5.41, 5.74) is 0.402. The van der Waals surface area contributed by atoms with Crippen LogP contribution in [0.3, 0.4) is 0 Å². The van der Waals surface area contributed by atoms with E-state index >= 15 is 8.78 Å². The van der Waals surface area contributed by atoms with Crippen LogP contribution in [0, 0.1) is 17.0 Å². The third-order valence-corrected chi connectivity index (χ3v) is 12.5. The highest BCUT2D eigenvalue weighted by Crippen LogP contribution is 2.48. The molecule has 0 radical (unpaired) electrons. The van der Waals surface area contributed by atoms with Gasteiger partial charge in [0.2, 0.25) is 0 Å². The quantitative estimate of drug-likeness (QED) is 0.152. The molecule has 300 valence electrons. The molecule has 13 heteroatoms. The van der Waals surface area contributed by atoms with E-state index in [0.29, 0.717) is 36.5 Å². The molecule has 0 spiro atoms. The van der Waals surface area contributed by atoms with Crippen LogP contribution in [-0.4, -0.2) is 121 Å². The van der Waals surface area contributed by atoms with Crippen LogP contribution in [0.1, 0.15) is 32.3 Å². The van der Waals surface area contributed by atoms with Crippen molar-refractivity contribution in [3.63, 3.8) is 0 Å². The molecule has 9 rings (SSSR count). The van der Waals surface area contributed by atoms with Gasteiger partial charge in [0, 0.05) is 56.2 Å². The van der Waals surface area contributed by atoms with Gasteiger partial charge in [0.1, 0.15) is 22.9 Å². The number of anilines is 1. The molecule has 4 aliphatic rings. The summed E-state index contributed by atoms with van der Waals surface area (Å²) in [4.78, 5) is 16.0. The lowest BCUT2D eigenvalue weighted by molar-refractivity contribution is 0.0208. The molecule has 57 heavy (non-hydrogen) atoms. The van der Waals surface area contributed by atoms with Gasteiger partial charge in [-0.2, -0.15) is 9.97 Å². The Morgan fingerprint density at radius 1 is 0.877 bits per heavy atom. The summed E-state index contributed by atoms with van der Waals surface area (Å²) in [5, 5.41) is 24.5. The Morgan fingerprint density at radius 2 is 1.58 bits per heavy atom. The molecule has 4 atom stereocenters. The SMILES string of the molecule is COCOc1cc(-c2c(F)cc3c(N4CC5C(O)C(O)C(C4)N5C(C)(C)c4ccccc4)nc(OCC4(CN5CCOCC5)CC4)nc3c2F)c2ccccc2c1. The van der Waals surface area contributed by atoms with Crippen molar-refractivity contribution in [2.24, 2.45) is 5.41 Å². The maximum absolute atomic E-state index is 17.4. The van der Waals surface area contributed by atoms with Crippen LogP contribution in [0.4, 0.5) is 14.6 Å². The number of morpholine rings is 1. The zero-order valence-corrected chi connectivity index (χ0v) is 32.5. The first kappa shape index (κ1) is 38.0. The van der Waals surface area contributed by atoms with E-state index in [0.717, 1.165) is 43.4 Å². The average molecular weight is 782 g/mol. The highest BCUT2D eigenvalue weighted by molar-refractivity contribution is 6.01. The predicted molar refractivity (Wildman–Crippen MR) is 212 cm³/mol. The predicted octanol–water partition coefficient (Wildman–Crippen LogP) is 5.73. The number of benzene rings is 4. The second-order valence-electron chi connectivity index (χ2n) is 16.5. The van der Waals surface area contributed by atoms with Crippen molar-refractivity contribution in [2.75, 3.05) is 71.3 Å². The van der Waals surface area contributed by atoms with Crippen LogP contribution in [0.5, 0.6) is 11.8 Å². The maximum atomic E-state index is 17.4. The van der Waals surface area contributed by atoms with Crippen LogP contribution in [-0.2, 0) is 15.0 Å². The second kappa shape index (κ2) is 15.0. The molecule has 4 fully saturated rings. The fourth-order valence-electron chi connectivity index (χ4n) is 9.33. The third kappa shape index (κ3) is 6.98. The van der Waals surface area contributed by atoms with Gasteiger partial charge < -0.3 is 34.1 Å². The van der Waals surface area contributed by atoms with E-state index in [1.165, 1.54) is 13.2 Å². The van der Waals surface area contributed by atoms with Crippen molar-refractivity contribution in [2.45, 2.75) is 56.5 Å². The summed E-state index contributed by atoms with van der Waals surface area (Å²) in [6.45, 7) is 8.94. The summed E-state index contributed by atoms with van der Waals surface area (Å²) < 4.78 is 57.0. The molecule has 1 saturated carbocycles. The first-order chi connectivity index (χ1) is 27.6. The molecule has 11 nitrogen and oxygen atoms in total. The highest BCUT2D eigenvalue weighted by Gasteiger charge is 2.57. The number of aromatic nitrogens is 2. The van der Waals surface area contributed by atoms with Crippen LogP contribution in [0.15, 0.2) is 72.8 Å². The number of hydrogen-bond acceptors (Lipinski definition) is 11. The van der Waals surface area contributed by atoms with E-state index in [1.54, 1.807) is 12.1 Å². The van der Waals surface area contributed by atoms with Crippen molar-refractivity contribution in [1.82, 2.24) is 19.8 Å². The Morgan fingerprint density at radius 3 is 2.28 bits per heavy atom. The number of fused-ring (bicyclic) bond motifs is 4. The number of rotatable bonds is 12. The standard InChI is InChI=1S/C44H49F2N5O6/c1-43(2,28-10-5-4-6-11-28)51-34-22-50(23-35(51)40(53)39(34)52)41-32-21-33(45)36(31-20-29(57-26-54-3)19-27-9-7-8-12-30(27)31)37(46)38(32)47-42(48-41)56-25-44(13-14-44)24-49-15-17-55-18-16-49/h4-12,19-21,34-35,39-40,52-53H,13-18,22-26H2,1-3H3. The lowest BCUT2D eigenvalue weighted by Crippen LogP contribution is -2.61. The van der Waals surface area contributed by atoms with Gasteiger partial charge in [-0.25, -0.2) is 8.78 Å². The maximum Gasteiger partial charge on any atom is 0.319 e. The van der Waals surface area contributed by atoms with Crippen molar-refractivity contribution in [3.8, 4) is 22.9 Å². The van der Waals surface area contributed by atoms with E-state index in [4.69, 9.17) is 23.9 Å². The lowest BCUT2D eigenvalue weighted by atomic mass is 9.89. The minimum atomic E-state index is -1.05. The monoisotopic (exact) mass is 781 g/mol. The van der Waals surface area contributed by atoms with E-state index in [2.05, 4.69) is 28.6 Å². The van der Waals surface area contributed by atoms with Gasteiger partial charge in [0.25, 0.3) is 0 Å². The fourth-order valence-corrected chi connectivity index (χ4v) is 9.33. The third-order valence-electron chi connectivity index (χ3n) is 12.5. The Bertz CT molecular complexity index is 2250. The van der Waals surface area contributed by atoms with Crippen LogP contribution >= 0.6 is 0 Å². The topological polar surface area (TPSA) is 113 Å². The smallest absolute Gasteiger partial charge is 0.319 e. The largest absolute Gasteiger partial charge is 0.468 e. The molecule has 5 aromatic rings. The number of hydrogen-bond donors (Lipinski definition) is 2. The first-order valence-corrected chi connectivity index (χ1v) is 19.8. The number of piperazine rings is 1. The zero-order chi connectivity index (χ0) is 39.5. The molecule has 1 aliphatic carbocycles. The van der Waals surface area contributed by atoms with Crippen molar-refractivity contribution >= 4 is 27.5 Å². The molecule has 0 amide bonds. The Balaban J connectivity index is 1.14. The van der Waals surface area contributed by atoms with Gasteiger partial charge in [-0.05, 0) is 66.8 Å². The van der Waals surface area contributed by atoms with Gasteiger partial charge in [-0.1, -0.05) is 54.6 Å². The number of aliphatic hydroxyl groups is 2. The molecule has 2 N–H and O–H groups in total. The van der Waals surface area contributed by atoms with Gasteiger partial charge in [-0.3, -0.25) is 9.80 Å². The van der Waals surface area contributed by atoms with E-state index in [1.807, 2.05) is 59.5 Å². The van der Waals surface area contributed by atoms with Gasteiger partial charge in [0.05, 0.1) is 49.7 Å². The fraction of sp³-hybridized carbons (Fsp3) is 0.455. The first-order valence-electron chi connectivity index (χ1n) is 19.8. The highest BCUT2D eigenvalue weighted by atomic mass is 19.1. The summed E-state index contributed by atoms with van der Waals surface area (Å²) >= 11 is 0. The number of methoxy groups -OCH3 is 1. The van der Waals surface area contributed by atoms with E-state index in [9.17, 15) is 10.2 Å². The second-order valence-corrected chi connectivity index (χ2v) is 16.5. The number of halogens is 2. The summed E-state index contributed by atoms with van der Waals surface area (Å²) in [5.74, 6) is -0.959. The molecule has 3 saturated heterocycles. The minimum Gasteiger partial charge on any atom is -0.468 e.